The maximum absolute atomic E-state index is 12.1. The number of aromatic amines is 1. The molecule has 0 aliphatic rings. The van der Waals surface area contributed by atoms with Crippen LogP contribution in [0.4, 0.5) is 5.13 Å². The number of carbonyl (C=O) groups is 2. The Morgan fingerprint density at radius 1 is 1.30 bits per heavy atom. The standard InChI is InChI=1S/C18H18N4O4S/c1-2-25-17(24)7-12-10-27-18(21-12)22-16(23)9-26-15-6-4-3-5-13(15)14-8-19-11-20-14/h3-6,8,10-11H,2,7,9H2,1H3,(H,19,20)(H,21,22,23). The molecule has 2 heterocycles. The van der Waals surface area contributed by atoms with E-state index in [4.69, 9.17) is 9.47 Å². The van der Waals surface area contributed by atoms with Gasteiger partial charge in [-0.05, 0) is 19.1 Å². The van der Waals surface area contributed by atoms with E-state index in [1.165, 1.54) is 11.3 Å². The molecule has 0 aliphatic heterocycles. The predicted octanol–water partition coefficient (Wildman–Crippen LogP) is 2.66. The first kappa shape index (κ1) is 18.6. The average Bonchev–Trinajstić information content (AvgIpc) is 3.33. The van der Waals surface area contributed by atoms with Crippen molar-refractivity contribution in [1.82, 2.24) is 15.0 Å². The Hall–Kier alpha value is -3.20. The zero-order valence-electron chi connectivity index (χ0n) is 14.6. The van der Waals surface area contributed by atoms with E-state index in [9.17, 15) is 9.59 Å². The van der Waals surface area contributed by atoms with Crippen LogP contribution in [0.5, 0.6) is 5.75 Å². The quantitative estimate of drug-likeness (QED) is 0.577. The van der Waals surface area contributed by atoms with Gasteiger partial charge in [-0.2, -0.15) is 0 Å². The van der Waals surface area contributed by atoms with Gasteiger partial charge in [0, 0.05) is 10.9 Å². The van der Waals surface area contributed by atoms with Gasteiger partial charge in [-0.1, -0.05) is 12.1 Å². The van der Waals surface area contributed by atoms with E-state index in [1.54, 1.807) is 30.9 Å². The van der Waals surface area contributed by atoms with Crippen molar-refractivity contribution in [2.45, 2.75) is 13.3 Å². The highest BCUT2D eigenvalue weighted by Crippen LogP contribution is 2.27. The normalized spacial score (nSPS) is 10.4. The molecule has 0 saturated heterocycles. The van der Waals surface area contributed by atoms with Crippen LogP contribution in [0.3, 0.4) is 0 Å². The lowest BCUT2D eigenvalue weighted by molar-refractivity contribution is -0.142. The average molecular weight is 386 g/mol. The van der Waals surface area contributed by atoms with Crippen LogP contribution in [0.25, 0.3) is 11.3 Å². The lowest BCUT2D eigenvalue weighted by Crippen LogP contribution is -2.20. The molecule has 0 atom stereocenters. The van der Waals surface area contributed by atoms with E-state index >= 15 is 0 Å². The van der Waals surface area contributed by atoms with Gasteiger partial charge in [-0.25, -0.2) is 9.97 Å². The van der Waals surface area contributed by atoms with Gasteiger partial charge in [0.1, 0.15) is 5.75 Å². The van der Waals surface area contributed by atoms with Crippen LogP contribution < -0.4 is 10.1 Å². The minimum Gasteiger partial charge on any atom is -0.483 e. The molecule has 0 aliphatic carbocycles. The Balaban J connectivity index is 1.55. The van der Waals surface area contributed by atoms with Crippen molar-refractivity contribution >= 4 is 28.3 Å². The summed E-state index contributed by atoms with van der Waals surface area (Å²) in [5, 5.41) is 4.78. The van der Waals surface area contributed by atoms with E-state index in [-0.39, 0.29) is 24.9 Å². The molecule has 2 aromatic heterocycles. The minimum atomic E-state index is -0.348. The number of imidazole rings is 1. The summed E-state index contributed by atoms with van der Waals surface area (Å²) in [6.45, 7) is 1.90. The van der Waals surface area contributed by atoms with Gasteiger partial charge in [0.15, 0.2) is 11.7 Å². The van der Waals surface area contributed by atoms with Crippen LogP contribution in [-0.4, -0.2) is 40.0 Å². The fourth-order valence-electron chi connectivity index (χ4n) is 2.32. The lowest BCUT2D eigenvalue weighted by Gasteiger charge is -2.09. The zero-order valence-corrected chi connectivity index (χ0v) is 15.4. The van der Waals surface area contributed by atoms with Gasteiger partial charge in [-0.3, -0.25) is 14.9 Å². The van der Waals surface area contributed by atoms with E-state index in [0.29, 0.717) is 23.2 Å². The summed E-state index contributed by atoms with van der Waals surface area (Å²) in [4.78, 5) is 34.8. The number of nitrogens with zero attached hydrogens (tertiary/aromatic N) is 2. The van der Waals surface area contributed by atoms with Crippen molar-refractivity contribution in [1.29, 1.82) is 0 Å². The Morgan fingerprint density at radius 2 is 2.15 bits per heavy atom. The molecule has 140 valence electrons. The summed E-state index contributed by atoms with van der Waals surface area (Å²) in [5.74, 6) is -0.120. The van der Waals surface area contributed by atoms with Gasteiger partial charge in [0.05, 0.1) is 36.9 Å². The Labute approximate surface area is 159 Å². The molecular formula is C18H18N4O4S. The molecule has 8 nitrogen and oxygen atoms in total. The number of H-pyrrole nitrogens is 1. The Morgan fingerprint density at radius 3 is 2.93 bits per heavy atom. The zero-order chi connectivity index (χ0) is 19.1. The molecule has 1 amide bonds. The monoisotopic (exact) mass is 386 g/mol. The molecule has 0 spiro atoms. The number of hydrogen-bond acceptors (Lipinski definition) is 7. The SMILES string of the molecule is CCOC(=O)Cc1csc(NC(=O)COc2ccccc2-c2cnc[nH]2)n1. The first-order valence-corrected chi connectivity index (χ1v) is 9.14. The third-order valence-corrected chi connectivity index (χ3v) is 4.27. The summed E-state index contributed by atoms with van der Waals surface area (Å²) in [7, 11) is 0. The van der Waals surface area contributed by atoms with Crippen LogP contribution in [0.15, 0.2) is 42.2 Å². The van der Waals surface area contributed by atoms with E-state index in [0.717, 1.165) is 11.3 Å². The molecular weight excluding hydrogens is 368 g/mol. The summed E-state index contributed by atoms with van der Waals surface area (Å²) in [5.41, 5.74) is 2.17. The maximum atomic E-state index is 12.1. The smallest absolute Gasteiger partial charge is 0.311 e. The van der Waals surface area contributed by atoms with Crippen LogP contribution in [0.2, 0.25) is 0 Å². The molecule has 3 aromatic rings. The molecule has 0 bridgehead atoms. The molecule has 3 rings (SSSR count). The topological polar surface area (TPSA) is 106 Å². The number of anilines is 1. The van der Waals surface area contributed by atoms with Crippen molar-refractivity contribution in [3.05, 3.63) is 47.9 Å². The Kier molecular flexibility index (Phi) is 6.16. The molecule has 0 saturated carbocycles. The maximum Gasteiger partial charge on any atom is 0.311 e. The number of rotatable bonds is 8. The van der Waals surface area contributed by atoms with E-state index in [2.05, 4.69) is 20.3 Å². The number of hydrogen-bond donors (Lipinski definition) is 2. The predicted molar refractivity (Wildman–Crippen MR) is 101 cm³/mol. The number of esters is 1. The summed E-state index contributed by atoms with van der Waals surface area (Å²) in [6, 6.07) is 7.37. The highest BCUT2D eigenvalue weighted by molar-refractivity contribution is 7.13. The van der Waals surface area contributed by atoms with Crippen molar-refractivity contribution < 1.29 is 19.1 Å². The van der Waals surface area contributed by atoms with Crippen LogP contribution in [-0.2, 0) is 20.7 Å². The minimum absolute atomic E-state index is 0.0776. The van der Waals surface area contributed by atoms with Crippen molar-refractivity contribution in [2.24, 2.45) is 0 Å². The van der Waals surface area contributed by atoms with Crippen molar-refractivity contribution in [3.8, 4) is 17.0 Å². The molecule has 1 aromatic carbocycles. The van der Waals surface area contributed by atoms with Crippen LogP contribution in [0, 0.1) is 0 Å². The molecule has 0 fully saturated rings. The fraction of sp³-hybridized carbons (Fsp3) is 0.222. The summed E-state index contributed by atoms with van der Waals surface area (Å²) >= 11 is 1.24. The number of nitrogens with one attached hydrogen (secondary N) is 2. The van der Waals surface area contributed by atoms with Crippen molar-refractivity contribution in [3.63, 3.8) is 0 Å². The first-order chi connectivity index (χ1) is 13.2. The van der Waals surface area contributed by atoms with Crippen LogP contribution in [0.1, 0.15) is 12.6 Å². The molecule has 0 unspecified atom stereocenters. The number of aromatic nitrogens is 3. The number of ether oxygens (including phenoxy) is 2. The third-order valence-electron chi connectivity index (χ3n) is 3.46. The highest BCUT2D eigenvalue weighted by atomic mass is 32.1. The van der Waals surface area contributed by atoms with Crippen molar-refractivity contribution in [2.75, 3.05) is 18.5 Å². The number of carbonyl (C=O) groups excluding carboxylic acids is 2. The van der Waals surface area contributed by atoms with Gasteiger partial charge in [0.2, 0.25) is 0 Å². The lowest BCUT2D eigenvalue weighted by atomic mass is 10.1. The van der Waals surface area contributed by atoms with Gasteiger partial charge in [0.25, 0.3) is 5.91 Å². The number of thiazole rings is 1. The number of benzene rings is 1. The molecule has 0 radical (unpaired) electrons. The summed E-state index contributed by atoms with van der Waals surface area (Å²) in [6.07, 6.45) is 3.34. The number of amides is 1. The Bertz CT molecular complexity index is 908. The third kappa shape index (κ3) is 5.14. The second-order valence-electron chi connectivity index (χ2n) is 5.42. The first-order valence-electron chi connectivity index (χ1n) is 8.26. The van der Waals surface area contributed by atoms with Gasteiger partial charge in [-0.15, -0.1) is 11.3 Å². The summed E-state index contributed by atoms with van der Waals surface area (Å²) < 4.78 is 10.5. The molecule has 27 heavy (non-hydrogen) atoms. The van der Waals surface area contributed by atoms with E-state index < -0.39 is 0 Å². The second-order valence-corrected chi connectivity index (χ2v) is 6.28. The second kappa shape index (κ2) is 8.95. The fourth-order valence-corrected chi connectivity index (χ4v) is 3.05. The molecule has 2 N–H and O–H groups in total. The van der Waals surface area contributed by atoms with E-state index in [1.807, 2.05) is 18.2 Å². The van der Waals surface area contributed by atoms with Gasteiger partial charge >= 0.3 is 5.97 Å². The van der Waals surface area contributed by atoms with Gasteiger partial charge < -0.3 is 14.5 Å². The largest absolute Gasteiger partial charge is 0.483 e. The van der Waals surface area contributed by atoms with Crippen LogP contribution >= 0.6 is 11.3 Å². The number of para-hydroxylation sites is 1. The molecule has 9 heteroatoms. The highest BCUT2D eigenvalue weighted by Gasteiger charge is 2.12.